The third kappa shape index (κ3) is 5.75. The topological polar surface area (TPSA) is 84.9 Å². The van der Waals surface area contributed by atoms with Crippen molar-refractivity contribution < 1.29 is 28.2 Å². The number of nitrogens with one attached hydrogen (secondary N) is 1. The maximum Gasteiger partial charge on any atom is 0.343 e. The van der Waals surface area contributed by atoms with Gasteiger partial charge in [-0.2, -0.15) is 0 Å². The summed E-state index contributed by atoms with van der Waals surface area (Å²) in [5.41, 5.74) is 3.48. The molecule has 0 unspecified atom stereocenters. The SMILES string of the molecule is COC(=O)C1=C(C)N(c2ccc(F)cc2)/C(=C\c2ccc(OCC(=O)Nc3ccc(C)cc3)cc2)C1=O. The van der Waals surface area contributed by atoms with E-state index in [9.17, 15) is 18.8 Å². The number of amides is 1. The van der Waals surface area contributed by atoms with Crippen molar-refractivity contribution in [3.8, 4) is 5.75 Å². The van der Waals surface area contributed by atoms with Crippen molar-refractivity contribution in [2.24, 2.45) is 0 Å². The second kappa shape index (κ2) is 10.9. The Morgan fingerprint density at radius 2 is 1.59 bits per heavy atom. The Kier molecular flexibility index (Phi) is 7.48. The van der Waals surface area contributed by atoms with Crippen LogP contribution in [0, 0.1) is 12.7 Å². The lowest BCUT2D eigenvalue weighted by molar-refractivity contribution is -0.137. The van der Waals surface area contributed by atoms with Crippen molar-refractivity contribution >= 4 is 35.1 Å². The molecule has 7 nitrogen and oxygen atoms in total. The van der Waals surface area contributed by atoms with Crippen LogP contribution in [0.15, 0.2) is 89.8 Å². The van der Waals surface area contributed by atoms with Gasteiger partial charge in [0.2, 0.25) is 5.78 Å². The van der Waals surface area contributed by atoms with Crippen LogP contribution in [0.3, 0.4) is 0 Å². The van der Waals surface area contributed by atoms with Gasteiger partial charge in [0.15, 0.2) is 6.61 Å². The van der Waals surface area contributed by atoms with Crippen molar-refractivity contribution in [2.75, 3.05) is 23.9 Å². The maximum atomic E-state index is 13.5. The minimum Gasteiger partial charge on any atom is -0.484 e. The van der Waals surface area contributed by atoms with Gasteiger partial charge < -0.3 is 19.7 Å². The van der Waals surface area contributed by atoms with Gasteiger partial charge in [0.25, 0.3) is 5.91 Å². The number of hydrogen-bond acceptors (Lipinski definition) is 6. The van der Waals surface area contributed by atoms with Gasteiger partial charge in [-0.3, -0.25) is 9.59 Å². The van der Waals surface area contributed by atoms with Crippen LogP contribution < -0.4 is 15.0 Å². The van der Waals surface area contributed by atoms with Crippen molar-refractivity contribution in [1.82, 2.24) is 0 Å². The molecule has 1 amide bonds. The van der Waals surface area contributed by atoms with Crippen LogP contribution in [0.25, 0.3) is 6.08 Å². The van der Waals surface area contributed by atoms with Gasteiger partial charge in [-0.25, -0.2) is 9.18 Å². The molecule has 0 atom stereocenters. The lowest BCUT2D eigenvalue weighted by atomic mass is 10.1. The number of ether oxygens (including phenoxy) is 2. The van der Waals surface area contributed by atoms with Gasteiger partial charge in [-0.15, -0.1) is 0 Å². The Labute approximate surface area is 213 Å². The Morgan fingerprint density at radius 3 is 2.22 bits per heavy atom. The number of methoxy groups -OCH3 is 1. The first kappa shape index (κ1) is 25.4. The maximum absolute atomic E-state index is 13.5. The van der Waals surface area contributed by atoms with Gasteiger partial charge in [-0.1, -0.05) is 29.8 Å². The summed E-state index contributed by atoms with van der Waals surface area (Å²) < 4.78 is 23.9. The number of benzene rings is 3. The molecule has 0 aliphatic carbocycles. The Hall–Kier alpha value is -4.72. The van der Waals surface area contributed by atoms with E-state index < -0.39 is 17.6 Å². The first-order valence-electron chi connectivity index (χ1n) is 11.5. The molecule has 4 rings (SSSR count). The van der Waals surface area contributed by atoms with Crippen LogP contribution in [0.4, 0.5) is 15.8 Å². The number of ketones is 1. The van der Waals surface area contributed by atoms with Crippen LogP contribution in [-0.2, 0) is 19.1 Å². The average Bonchev–Trinajstić information content (AvgIpc) is 3.14. The number of halogens is 1. The highest BCUT2D eigenvalue weighted by Crippen LogP contribution is 2.35. The fraction of sp³-hybridized carbons (Fsp3) is 0.138. The van der Waals surface area contributed by atoms with E-state index in [2.05, 4.69) is 5.32 Å². The van der Waals surface area contributed by atoms with Crippen molar-refractivity contribution in [3.63, 3.8) is 0 Å². The van der Waals surface area contributed by atoms with E-state index in [0.29, 0.717) is 28.4 Å². The summed E-state index contributed by atoms with van der Waals surface area (Å²) in [5.74, 6) is -1.48. The molecule has 1 heterocycles. The Balaban J connectivity index is 1.51. The lowest BCUT2D eigenvalue weighted by Gasteiger charge is -2.21. The summed E-state index contributed by atoms with van der Waals surface area (Å²) in [4.78, 5) is 39.2. The molecule has 0 aromatic heterocycles. The summed E-state index contributed by atoms with van der Waals surface area (Å²) in [6.45, 7) is 3.43. The van der Waals surface area contributed by atoms with Crippen LogP contribution >= 0.6 is 0 Å². The molecule has 0 saturated heterocycles. The van der Waals surface area contributed by atoms with E-state index in [1.807, 2.05) is 31.2 Å². The smallest absolute Gasteiger partial charge is 0.343 e. The highest BCUT2D eigenvalue weighted by atomic mass is 19.1. The molecule has 0 fully saturated rings. The molecule has 1 aliphatic rings. The minimum absolute atomic E-state index is 0.0855. The quantitative estimate of drug-likeness (QED) is 0.278. The number of esters is 1. The lowest BCUT2D eigenvalue weighted by Crippen LogP contribution is -2.20. The molecule has 3 aromatic carbocycles. The summed E-state index contributed by atoms with van der Waals surface area (Å²) in [7, 11) is 1.21. The number of rotatable bonds is 7. The monoisotopic (exact) mass is 500 g/mol. The van der Waals surface area contributed by atoms with Crippen LogP contribution in [0.2, 0.25) is 0 Å². The van der Waals surface area contributed by atoms with Crippen LogP contribution in [-0.4, -0.2) is 31.4 Å². The molecule has 188 valence electrons. The summed E-state index contributed by atoms with van der Waals surface area (Å²) in [6.07, 6.45) is 1.62. The zero-order chi connectivity index (χ0) is 26.5. The summed E-state index contributed by atoms with van der Waals surface area (Å²) in [6, 6.07) is 19.9. The van der Waals surface area contributed by atoms with E-state index in [1.165, 1.54) is 31.4 Å². The van der Waals surface area contributed by atoms with Crippen LogP contribution in [0.1, 0.15) is 18.1 Å². The first-order valence-corrected chi connectivity index (χ1v) is 11.5. The third-order valence-electron chi connectivity index (χ3n) is 5.76. The molecule has 0 saturated carbocycles. The molecule has 0 spiro atoms. The van der Waals surface area contributed by atoms with Crippen molar-refractivity contribution in [2.45, 2.75) is 13.8 Å². The number of allylic oxidation sites excluding steroid dienone is 2. The van der Waals surface area contributed by atoms with Gasteiger partial charge in [0.05, 0.1) is 12.8 Å². The van der Waals surface area contributed by atoms with Gasteiger partial charge in [-0.05, 0) is 74.0 Å². The minimum atomic E-state index is -0.745. The van der Waals surface area contributed by atoms with Gasteiger partial charge in [0, 0.05) is 17.1 Å². The Bertz CT molecular complexity index is 1390. The molecule has 0 bridgehead atoms. The second-order valence-electron chi connectivity index (χ2n) is 8.39. The number of Topliss-reactive ketones (excluding diaryl/α,β-unsaturated/α-hetero) is 1. The highest BCUT2D eigenvalue weighted by Gasteiger charge is 2.38. The average molecular weight is 501 g/mol. The molecule has 0 radical (unpaired) electrons. The zero-order valence-corrected chi connectivity index (χ0v) is 20.6. The first-order chi connectivity index (χ1) is 17.8. The third-order valence-corrected chi connectivity index (χ3v) is 5.76. The van der Waals surface area contributed by atoms with Crippen molar-refractivity contribution in [3.05, 3.63) is 107 Å². The fourth-order valence-corrected chi connectivity index (χ4v) is 3.88. The summed E-state index contributed by atoms with van der Waals surface area (Å²) >= 11 is 0. The number of anilines is 2. The number of carbonyl (C=O) groups excluding carboxylic acids is 3. The van der Waals surface area contributed by atoms with E-state index in [4.69, 9.17) is 9.47 Å². The molecular formula is C29H25FN2O5. The Morgan fingerprint density at radius 1 is 0.946 bits per heavy atom. The van der Waals surface area contributed by atoms with E-state index in [1.54, 1.807) is 42.2 Å². The van der Waals surface area contributed by atoms with E-state index >= 15 is 0 Å². The normalized spacial score (nSPS) is 14.2. The molecule has 8 heteroatoms. The zero-order valence-electron chi connectivity index (χ0n) is 20.6. The fourth-order valence-electron chi connectivity index (χ4n) is 3.88. The molecular weight excluding hydrogens is 475 g/mol. The van der Waals surface area contributed by atoms with Crippen LogP contribution in [0.5, 0.6) is 5.75 Å². The summed E-state index contributed by atoms with van der Waals surface area (Å²) in [5, 5.41) is 2.77. The molecule has 3 aromatic rings. The van der Waals surface area contributed by atoms with Gasteiger partial charge in [0.1, 0.15) is 17.1 Å². The standard InChI is InChI=1S/C29H25FN2O5/c1-18-4-10-22(11-5-18)31-26(33)17-37-24-14-6-20(7-15-24)16-25-28(34)27(29(35)36-3)19(2)32(25)23-12-8-21(30)9-13-23/h4-16H,17H2,1-3H3,(H,31,33)/b25-16-. The number of carbonyl (C=O) groups is 3. The largest absolute Gasteiger partial charge is 0.484 e. The highest BCUT2D eigenvalue weighted by molar-refractivity contribution is 6.30. The van der Waals surface area contributed by atoms with E-state index in [0.717, 1.165) is 5.56 Å². The number of hydrogen-bond donors (Lipinski definition) is 1. The molecule has 1 aliphatic heterocycles. The molecule has 1 N–H and O–H groups in total. The van der Waals surface area contributed by atoms with Crippen molar-refractivity contribution in [1.29, 1.82) is 0 Å². The second-order valence-corrected chi connectivity index (χ2v) is 8.39. The molecule has 37 heavy (non-hydrogen) atoms. The number of nitrogens with zero attached hydrogens (tertiary/aromatic N) is 1. The van der Waals surface area contributed by atoms with E-state index in [-0.39, 0.29) is 23.8 Å². The van der Waals surface area contributed by atoms with Gasteiger partial charge >= 0.3 is 5.97 Å². The number of aryl methyl sites for hydroxylation is 1. The predicted octanol–water partition coefficient (Wildman–Crippen LogP) is 5.03. The predicted molar refractivity (Wildman–Crippen MR) is 138 cm³/mol.